The van der Waals surface area contributed by atoms with Gasteiger partial charge in [-0.15, -0.1) is 0 Å². The minimum Gasteiger partial charge on any atom is -0.495 e. The molecule has 154 valence electrons. The first-order valence-electron chi connectivity index (χ1n) is 9.66. The Labute approximate surface area is 176 Å². The monoisotopic (exact) mass is 403 g/mol. The van der Waals surface area contributed by atoms with E-state index in [2.05, 4.69) is 28.8 Å². The average molecular weight is 403 g/mol. The van der Waals surface area contributed by atoms with Gasteiger partial charge in [0, 0.05) is 23.5 Å². The summed E-state index contributed by atoms with van der Waals surface area (Å²) in [5.41, 5.74) is 3.24. The van der Waals surface area contributed by atoms with Gasteiger partial charge in [-0.2, -0.15) is 10.4 Å². The van der Waals surface area contributed by atoms with Gasteiger partial charge in [-0.3, -0.25) is 4.79 Å². The number of rotatable bonds is 6. The van der Waals surface area contributed by atoms with Crippen molar-refractivity contribution < 1.29 is 9.53 Å². The molecule has 1 aromatic carbocycles. The highest BCUT2D eigenvalue weighted by atomic mass is 16.5. The maximum absolute atomic E-state index is 12.7. The summed E-state index contributed by atoms with van der Waals surface area (Å²) in [4.78, 5) is 12.7. The average Bonchev–Trinajstić information content (AvgIpc) is 3.30. The van der Waals surface area contributed by atoms with Crippen LogP contribution in [0.2, 0.25) is 0 Å². The Balaban J connectivity index is 1.96. The van der Waals surface area contributed by atoms with Gasteiger partial charge in [-0.25, -0.2) is 4.68 Å². The molecule has 0 atom stereocenters. The Bertz CT molecular complexity index is 1140. The molecule has 0 aliphatic heterocycles. The Morgan fingerprint density at radius 2 is 2.00 bits per heavy atom. The second-order valence-corrected chi connectivity index (χ2v) is 7.21. The lowest BCUT2D eigenvalue weighted by molar-refractivity contribution is -0.112. The Morgan fingerprint density at radius 3 is 2.67 bits per heavy atom. The summed E-state index contributed by atoms with van der Waals surface area (Å²) >= 11 is 0. The summed E-state index contributed by atoms with van der Waals surface area (Å²) in [6.45, 7) is 8.09. The molecular formula is C23H25N5O2. The molecule has 0 unspecified atom stereocenters. The highest BCUT2D eigenvalue weighted by Crippen LogP contribution is 2.26. The van der Waals surface area contributed by atoms with Crippen molar-refractivity contribution >= 4 is 17.7 Å². The Hall–Kier alpha value is -3.79. The van der Waals surface area contributed by atoms with E-state index in [4.69, 9.17) is 4.74 Å². The third-order valence-corrected chi connectivity index (χ3v) is 4.86. The number of para-hydroxylation sites is 2. The molecule has 7 nitrogen and oxygen atoms in total. The lowest BCUT2D eigenvalue weighted by Crippen LogP contribution is -2.14. The van der Waals surface area contributed by atoms with E-state index in [0.29, 0.717) is 11.4 Å². The zero-order valence-electron chi connectivity index (χ0n) is 17.8. The van der Waals surface area contributed by atoms with Crippen LogP contribution in [0.15, 0.2) is 48.2 Å². The minimum atomic E-state index is -0.487. The number of anilines is 1. The van der Waals surface area contributed by atoms with Gasteiger partial charge in [0.25, 0.3) is 5.91 Å². The molecule has 0 fully saturated rings. The van der Waals surface area contributed by atoms with Crippen molar-refractivity contribution in [1.29, 1.82) is 5.26 Å². The quantitative estimate of drug-likeness (QED) is 0.487. The number of nitrogens with one attached hydrogen (secondary N) is 1. The Kier molecular flexibility index (Phi) is 6.07. The number of carbonyl (C=O) groups is 1. The van der Waals surface area contributed by atoms with Crippen LogP contribution in [-0.2, 0) is 4.79 Å². The molecule has 0 spiro atoms. The molecule has 1 N–H and O–H groups in total. The SMILES string of the molecule is COc1ccccc1NC(=O)/C(C#N)=C/c1cc(C)n(-c2ccnn2C(C)C)c1C. The lowest BCUT2D eigenvalue weighted by atomic mass is 10.1. The smallest absolute Gasteiger partial charge is 0.266 e. The van der Waals surface area contributed by atoms with Crippen molar-refractivity contribution in [2.75, 3.05) is 12.4 Å². The third kappa shape index (κ3) is 3.98. The van der Waals surface area contributed by atoms with Crippen LogP contribution in [0, 0.1) is 25.2 Å². The molecule has 0 bridgehead atoms. The number of aryl methyl sites for hydroxylation is 1. The zero-order valence-corrected chi connectivity index (χ0v) is 17.8. The molecule has 3 aromatic rings. The molecular weight excluding hydrogens is 378 g/mol. The molecule has 0 radical (unpaired) electrons. The van der Waals surface area contributed by atoms with Crippen LogP contribution >= 0.6 is 0 Å². The van der Waals surface area contributed by atoms with Crippen molar-refractivity contribution in [2.45, 2.75) is 33.7 Å². The first-order chi connectivity index (χ1) is 14.4. The summed E-state index contributed by atoms with van der Waals surface area (Å²) in [6, 6.07) is 13.2. The van der Waals surface area contributed by atoms with Crippen molar-refractivity contribution in [3.63, 3.8) is 0 Å². The van der Waals surface area contributed by atoms with Gasteiger partial charge in [0.1, 0.15) is 23.2 Å². The molecule has 1 amide bonds. The maximum atomic E-state index is 12.7. The van der Waals surface area contributed by atoms with E-state index in [9.17, 15) is 10.1 Å². The number of benzene rings is 1. The van der Waals surface area contributed by atoms with Crippen LogP contribution in [0.1, 0.15) is 36.8 Å². The van der Waals surface area contributed by atoms with Crippen LogP contribution in [0.3, 0.4) is 0 Å². The zero-order chi connectivity index (χ0) is 21.8. The predicted molar refractivity (Wildman–Crippen MR) is 117 cm³/mol. The fourth-order valence-corrected chi connectivity index (χ4v) is 3.41. The van der Waals surface area contributed by atoms with Crippen molar-refractivity contribution in [1.82, 2.24) is 14.3 Å². The lowest BCUT2D eigenvalue weighted by Gasteiger charge is -2.15. The van der Waals surface area contributed by atoms with Crippen LogP contribution in [0.5, 0.6) is 5.75 Å². The summed E-state index contributed by atoms with van der Waals surface area (Å²) in [7, 11) is 1.53. The topological polar surface area (TPSA) is 84.9 Å². The predicted octanol–water partition coefficient (Wildman–Crippen LogP) is 4.43. The summed E-state index contributed by atoms with van der Waals surface area (Å²) in [6.07, 6.45) is 3.38. The summed E-state index contributed by atoms with van der Waals surface area (Å²) in [5, 5.41) is 16.8. The van der Waals surface area contributed by atoms with Gasteiger partial charge in [-0.1, -0.05) is 12.1 Å². The van der Waals surface area contributed by atoms with Gasteiger partial charge in [0.2, 0.25) is 0 Å². The summed E-state index contributed by atoms with van der Waals surface area (Å²) in [5.74, 6) is 0.985. The number of amides is 1. The molecule has 0 aliphatic carbocycles. The van der Waals surface area contributed by atoms with E-state index in [1.165, 1.54) is 7.11 Å². The number of carbonyl (C=O) groups excluding carboxylic acids is 1. The van der Waals surface area contributed by atoms with Crippen molar-refractivity contribution in [3.8, 4) is 17.6 Å². The largest absolute Gasteiger partial charge is 0.495 e. The highest BCUT2D eigenvalue weighted by Gasteiger charge is 2.17. The number of methoxy groups -OCH3 is 1. The fourth-order valence-electron chi connectivity index (χ4n) is 3.41. The molecule has 30 heavy (non-hydrogen) atoms. The molecule has 2 aromatic heterocycles. The number of hydrogen-bond acceptors (Lipinski definition) is 4. The van der Waals surface area contributed by atoms with E-state index in [-0.39, 0.29) is 11.6 Å². The Morgan fingerprint density at radius 1 is 1.27 bits per heavy atom. The first kappa shape index (κ1) is 20.9. The minimum absolute atomic E-state index is 0.0125. The standard InChI is InChI=1S/C23H25N5O2/c1-15(2)28-22(10-11-25-28)27-16(3)12-18(17(27)4)13-19(14-24)23(29)26-20-8-6-7-9-21(20)30-5/h6-13,15H,1-5H3,(H,26,29)/b19-13+. The molecule has 3 rings (SSSR count). The molecule has 0 saturated carbocycles. The van der Waals surface area contributed by atoms with Crippen molar-refractivity contribution in [3.05, 3.63) is 65.1 Å². The second kappa shape index (κ2) is 8.70. The van der Waals surface area contributed by atoms with Crippen LogP contribution < -0.4 is 10.1 Å². The van der Waals surface area contributed by atoms with Gasteiger partial charge < -0.3 is 14.6 Å². The maximum Gasteiger partial charge on any atom is 0.266 e. The van der Waals surface area contributed by atoms with Gasteiger partial charge in [0.05, 0.1) is 19.0 Å². The van der Waals surface area contributed by atoms with E-state index in [1.807, 2.05) is 42.8 Å². The van der Waals surface area contributed by atoms with Gasteiger partial charge in [-0.05, 0) is 57.5 Å². The van der Waals surface area contributed by atoms with E-state index < -0.39 is 5.91 Å². The number of nitriles is 1. The number of hydrogen-bond donors (Lipinski definition) is 1. The molecule has 2 heterocycles. The fraction of sp³-hybridized carbons (Fsp3) is 0.261. The van der Waals surface area contributed by atoms with E-state index in [1.54, 1.807) is 30.5 Å². The number of aromatic nitrogens is 3. The van der Waals surface area contributed by atoms with E-state index >= 15 is 0 Å². The van der Waals surface area contributed by atoms with Crippen LogP contribution in [0.25, 0.3) is 11.9 Å². The van der Waals surface area contributed by atoms with Crippen LogP contribution in [0.4, 0.5) is 5.69 Å². The summed E-state index contributed by atoms with van der Waals surface area (Å²) < 4.78 is 9.27. The normalized spacial score (nSPS) is 11.4. The second-order valence-electron chi connectivity index (χ2n) is 7.21. The number of nitrogens with zero attached hydrogens (tertiary/aromatic N) is 4. The number of ether oxygens (including phenoxy) is 1. The highest BCUT2D eigenvalue weighted by molar-refractivity contribution is 6.10. The van der Waals surface area contributed by atoms with Gasteiger partial charge in [0.15, 0.2) is 0 Å². The van der Waals surface area contributed by atoms with Crippen LogP contribution in [-0.4, -0.2) is 27.4 Å². The molecule has 0 aliphatic rings. The van der Waals surface area contributed by atoms with Gasteiger partial charge >= 0.3 is 0 Å². The molecule has 0 saturated heterocycles. The van der Waals surface area contributed by atoms with Crippen molar-refractivity contribution in [2.24, 2.45) is 0 Å². The molecule has 7 heteroatoms. The first-order valence-corrected chi connectivity index (χ1v) is 9.66. The third-order valence-electron chi connectivity index (χ3n) is 4.86. The van der Waals surface area contributed by atoms with E-state index in [0.717, 1.165) is 22.8 Å².